The molecule has 7 nitrogen and oxygen atoms in total. The maximum Gasteiger partial charge on any atom is 0.191 e. The smallest absolute Gasteiger partial charge is 0.191 e. The summed E-state index contributed by atoms with van der Waals surface area (Å²) in [6.07, 6.45) is 8.07. The Kier molecular flexibility index (Phi) is 9.68. The second kappa shape index (κ2) is 12.7. The molecule has 4 rings (SSSR count). The molecular formula is C25H34IN7. The number of hydrogen-bond acceptors (Lipinski definition) is 4. The summed E-state index contributed by atoms with van der Waals surface area (Å²) in [6.45, 7) is 8.55. The van der Waals surface area contributed by atoms with Crippen molar-refractivity contribution in [2.45, 2.75) is 45.8 Å². The Morgan fingerprint density at radius 3 is 2.64 bits per heavy atom. The number of rotatable bonds is 8. The molecule has 1 atom stereocenters. The Labute approximate surface area is 213 Å². The predicted molar refractivity (Wildman–Crippen MR) is 144 cm³/mol. The monoisotopic (exact) mass is 559 g/mol. The molecule has 1 saturated heterocycles. The molecular weight excluding hydrogens is 525 g/mol. The summed E-state index contributed by atoms with van der Waals surface area (Å²) in [6, 6.07) is 15.3. The highest BCUT2D eigenvalue weighted by Crippen LogP contribution is 2.19. The summed E-state index contributed by atoms with van der Waals surface area (Å²) in [5.74, 6) is 2.65. The molecule has 1 aliphatic heterocycles. The van der Waals surface area contributed by atoms with E-state index in [0.29, 0.717) is 12.6 Å². The van der Waals surface area contributed by atoms with Gasteiger partial charge in [0, 0.05) is 44.3 Å². The molecule has 1 unspecified atom stereocenters. The van der Waals surface area contributed by atoms with Crippen LogP contribution in [0.25, 0.3) is 5.82 Å². The summed E-state index contributed by atoms with van der Waals surface area (Å²) >= 11 is 0. The first-order valence-corrected chi connectivity index (χ1v) is 11.5. The number of aromatic nitrogens is 3. The average Bonchev–Trinajstić information content (AvgIpc) is 3.45. The fraction of sp³-hybridized carbons (Fsp3) is 0.400. The first-order chi connectivity index (χ1) is 15.7. The van der Waals surface area contributed by atoms with Gasteiger partial charge in [0.1, 0.15) is 11.6 Å². The zero-order chi connectivity index (χ0) is 22.2. The molecule has 1 aliphatic rings. The van der Waals surface area contributed by atoms with E-state index < -0.39 is 0 Å². The minimum atomic E-state index is 0. The van der Waals surface area contributed by atoms with Crippen LogP contribution in [0.3, 0.4) is 0 Å². The van der Waals surface area contributed by atoms with Gasteiger partial charge in [-0.3, -0.25) is 9.47 Å². The Morgan fingerprint density at radius 2 is 1.94 bits per heavy atom. The van der Waals surface area contributed by atoms with Crippen molar-refractivity contribution in [2.24, 2.45) is 4.99 Å². The fourth-order valence-corrected chi connectivity index (χ4v) is 4.15. The van der Waals surface area contributed by atoms with Gasteiger partial charge in [-0.1, -0.05) is 36.4 Å². The lowest BCUT2D eigenvalue weighted by molar-refractivity contribution is 0.245. The van der Waals surface area contributed by atoms with Crippen molar-refractivity contribution >= 4 is 29.9 Å². The summed E-state index contributed by atoms with van der Waals surface area (Å²) in [4.78, 5) is 16.2. The number of nitrogens with one attached hydrogen (secondary N) is 2. The molecule has 0 amide bonds. The van der Waals surface area contributed by atoms with Crippen LogP contribution in [0.5, 0.6) is 0 Å². The summed E-state index contributed by atoms with van der Waals surface area (Å²) < 4.78 is 1.97. The lowest BCUT2D eigenvalue weighted by Gasteiger charge is -2.25. The second-order valence-corrected chi connectivity index (χ2v) is 8.20. The van der Waals surface area contributed by atoms with Crippen LogP contribution >= 0.6 is 24.0 Å². The van der Waals surface area contributed by atoms with Crippen LogP contribution < -0.4 is 10.6 Å². The molecule has 2 aromatic heterocycles. The molecule has 176 valence electrons. The molecule has 1 fully saturated rings. The van der Waals surface area contributed by atoms with Crippen LogP contribution in [0.1, 0.15) is 36.7 Å². The average molecular weight is 560 g/mol. The maximum atomic E-state index is 4.78. The number of guanidine groups is 1. The summed E-state index contributed by atoms with van der Waals surface area (Å²) in [5, 5.41) is 6.92. The van der Waals surface area contributed by atoms with E-state index in [1.54, 1.807) is 6.20 Å². The number of imidazole rings is 1. The van der Waals surface area contributed by atoms with E-state index in [1.165, 1.54) is 18.4 Å². The van der Waals surface area contributed by atoms with Gasteiger partial charge in [-0.25, -0.2) is 15.0 Å². The molecule has 0 saturated carbocycles. The topological polar surface area (TPSA) is 70.4 Å². The number of aryl methyl sites for hydroxylation is 1. The van der Waals surface area contributed by atoms with E-state index in [9.17, 15) is 0 Å². The number of aliphatic imine (C=N–C) groups is 1. The molecule has 8 heteroatoms. The quantitative estimate of drug-likeness (QED) is 0.249. The highest BCUT2D eigenvalue weighted by atomic mass is 127. The number of hydrogen-bond donors (Lipinski definition) is 2. The number of halogens is 1. The molecule has 1 aromatic carbocycles. The Bertz CT molecular complexity index is 1000. The van der Waals surface area contributed by atoms with Gasteiger partial charge < -0.3 is 10.6 Å². The molecule has 0 aliphatic carbocycles. The number of benzene rings is 1. The van der Waals surface area contributed by atoms with Crippen LogP contribution in [0.15, 0.2) is 66.0 Å². The number of nitrogens with zero attached hydrogens (tertiary/aromatic N) is 5. The predicted octanol–water partition coefficient (Wildman–Crippen LogP) is 3.91. The van der Waals surface area contributed by atoms with Gasteiger partial charge in [0.15, 0.2) is 5.96 Å². The summed E-state index contributed by atoms with van der Waals surface area (Å²) in [7, 11) is 0. The SMILES string of the molecule is CCNC(=NCc1ccc(-n2ccnc2C)nc1)NCC1CCCN1Cc1ccccc1.I. The Hall–Kier alpha value is -2.46. The fourth-order valence-electron chi connectivity index (χ4n) is 4.15. The minimum absolute atomic E-state index is 0. The highest BCUT2D eigenvalue weighted by molar-refractivity contribution is 14.0. The van der Waals surface area contributed by atoms with E-state index in [4.69, 9.17) is 4.99 Å². The van der Waals surface area contributed by atoms with Crippen LogP contribution in [-0.2, 0) is 13.1 Å². The Morgan fingerprint density at radius 1 is 1.09 bits per heavy atom. The van der Waals surface area contributed by atoms with E-state index in [1.807, 2.05) is 30.0 Å². The van der Waals surface area contributed by atoms with Crippen molar-refractivity contribution in [3.63, 3.8) is 0 Å². The second-order valence-electron chi connectivity index (χ2n) is 8.20. The van der Waals surface area contributed by atoms with Gasteiger partial charge >= 0.3 is 0 Å². The van der Waals surface area contributed by atoms with Crippen LogP contribution in [-0.4, -0.2) is 51.1 Å². The van der Waals surface area contributed by atoms with Crippen LogP contribution in [0.4, 0.5) is 0 Å². The highest BCUT2D eigenvalue weighted by Gasteiger charge is 2.24. The van der Waals surface area contributed by atoms with E-state index >= 15 is 0 Å². The minimum Gasteiger partial charge on any atom is -0.357 e. The van der Waals surface area contributed by atoms with E-state index in [2.05, 4.69) is 68.8 Å². The lowest BCUT2D eigenvalue weighted by Crippen LogP contribution is -2.44. The molecule has 2 N–H and O–H groups in total. The molecule has 33 heavy (non-hydrogen) atoms. The molecule has 0 bridgehead atoms. The van der Waals surface area contributed by atoms with Gasteiger partial charge in [0.25, 0.3) is 0 Å². The van der Waals surface area contributed by atoms with Gasteiger partial charge in [-0.05, 0) is 50.4 Å². The van der Waals surface area contributed by atoms with Gasteiger partial charge in [0.05, 0.1) is 6.54 Å². The first-order valence-electron chi connectivity index (χ1n) is 11.5. The van der Waals surface area contributed by atoms with E-state index in [-0.39, 0.29) is 24.0 Å². The van der Waals surface area contributed by atoms with Gasteiger partial charge in [0.2, 0.25) is 0 Å². The standard InChI is InChI=1S/C25H33N7.HI/c1-3-26-25(29-17-22-11-12-24(28-16-22)32-15-13-27-20(32)2)30-18-23-10-7-14-31(23)19-21-8-5-4-6-9-21;/h4-6,8-9,11-13,15-16,23H,3,7,10,14,17-19H2,1-2H3,(H2,26,29,30);1H. The normalized spacial score (nSPS) is 16.4. The molecule has 0 spiro atoms. The first kappa shape index (κ1) is 25.2. The van der Waals surface area contributed by atoms with Crippen molar-refractivity contribution in [1.29, 1.82) is 0 Å². The zero-order valence-electron chi connectivity index (χ0n) is 19.4. The maximum absolute atomic E-state index is 4.78. The lowest BCUT2D eigenvalue weighted by atomic mass is 10.2. The Balaban J connectivity index is 0.00000306. The molecule has 0 radical (unpaired) electrons. The zero-order valence-corrected chi connectivity index (χ0v) is 21.8. The largest absolute Gasteiger partial charge is 0.357 e. The summed E-state index contributed by atoms with van der Waals surface area (Å²) in [5.41, 5.74) is 2.46. The van der Waals surface area contributed by atoms with Crippen molar-refractivity contribution in [3.8, 4) is 5.82 Å². The van der Waals surface area contributed by atoms with Crippen molar-refractivity contribution in [1.82, 2.24) is 30.1 Å². The third-order valence-corrected chi connectivity index (χ3v) is 5.88. The van der Waals surface area contributed by atoms with Crippen molar-refractivity contribution in [2.75, 3.05) is 19.6 Å². The van der Waals surface area contributed by atoms with Crippen molar-refractivity contribution in [3.05, 3.63) is 78.0 Å². The van der Waals surface area contributed by atoms with Gasteiger partial charge in [-0.2, -0.15) is 0 Å². The number of likely N-dealkylation sites (tertiary alicyclic amines) is 1. The van der Waals surface area contributed by atoms with Gasteiger partial charge in [-0.15, -0.1) is 24.0 Å². The van der Waals surface area contributed by atoms with Crippen LogP contribution in [0.2, 0.25) is 0 Å². The van der Waals surface area contributed by atoms with Crippen LogP contribution in [0, 0.1) is 6.92 Å². The van der Waals surface area contributed by atoms with E-state index in [0.717, 1.165) is 49.3 Å². The molecule has 3 aromatic rings. The third kappa shape index (κ3) is 7.01. The molecule has 3 heterocycles. The van der Waals surface area contributed by atoms with Crippen molar-refractivity contribution < 1.29 is 0 Å². The third-order valence-electron chi connectivity index (χ3n) is 5.88. The number of pyridine rings is 1.